The fourth-order valence-electron chi connectivity index (χ4n) is 2.58. The van der Waals surface area contributed by atoms with E-state index in [9.17, 15) is 4.79 Å². The molecule has 0 spiro atoms. The zero-order chi connectivity index (χ0) is 14.5. The van der Waals surface area contributed by atoms with Crippen LogP contribution in [-0.4, -0.2) is 55.0 Å². The molecule has 110 valence electrons. The van der Waals surface area contributed by atoms with Gasteiger partial charge in [-0.25, -0.2) is 0 Å². The van der Waals surface area contributed by atoms with Gasteiger partial charge in [-0.15, -0.1) is 0 Å². The van der Waals surface area contributed by atoms with Crippen LogP contribution in [0.5, 0.6) is 0 Å². The number of nitrogen functional groups attached to an aromatic ring is 1. The lowest BCUT2D eigenvalue weighted by atomic mass is 10.2. The Morgan fingerprint density at radius 1 is 1.40 bits per heavy atom. The summed E-state index contributed by atoms with van der Waals surface area (Å²) in [5.74, 6) is 0.0222. The molecule has 0 aromatic heterocycles. The van der Waals surface area contributed by atoms with E-state index < -0.39 is 0 Å². The number of nitrogens with two attached hydrogens (primary N) is 1. The number of rotatable bonds is 4. The molecule has 1 fully saturated rings. The summed E-state index contributed by atoms with van der Waals surface area (Å²) >= 11 is 0. The molecule has 1 unspecified atom stereocenters. The lowest BCUT2D eigenvalue weighted by Gasteiger charge is -2.38. The third-order valence-electron chi connectivity index (χ3n) is 3.83. The maximum Gasteiger partial charge on any atom is 0.225 e. The molecule has 1 aliphatic rings. The van der Waals surface area contributed by atoms with Crippen molar-refractivity contribution in [2.45, 2.75) is 19.4 Å². The van der Waals surface area contributed by atoms with E-state index >= 15 is 0 Å². The maximum atomic E-state index is 12.0. The lowest BCUT2D eigenvalue weighted by Crippen LogP contribution is -2.50. The van der Waals surface area contributed by atoms with Crippen molar-refractivity contribution in [2.24, 2.45) is 0 Å². The van der Waals surface area contributed by atoms with Gasteiger partial charge in [0, 0.05) is 38.6 Å². The summed E-state index contributed by atoms with van der Waals surface area (Å²) in [5.41, 5.74) is 7.12. The molecule has 1 heterocycles. The molecule has 0 saturated carbocycles. The van der Waals surface area contributed by atoms with Crippen LogP contribution < -0.4 is 11.1 Å². The first-order valence-electron chi connectivity index (χ1n) is 7.13. The molecule has 20 heavy (non-hydrogen) atoms. The van der Waals surface area contributed by atoms with Crippen LogP contribution in [0.2, 0.25) is 0 Å². The van der Waals surface area contributed by atoms with Crippen molar-refractivity contribution in [3.63, 3.8) is 0 Å². The average Bonchev–Trinajstić information content (AvgIpc) is 2.40. The summed E-state index contributed by atoms with van der Waals surface area (Å²) in [6.07, 6.45) is 0.502. The van der Waals surface area contributed by atoms with Crippen LogP contribution in [0.4, 0.5) is 11.4 Å². The summed E-state index contributed by atoms with van der Waals surface area (Å²) in [6, 6.07) is 7.85. The van der Waals surface area contributed by atoms with Gasteiger partial charge in [-0.3, -0.25) is 9.69 Å². The van der Waals surface area contributed by atoms with Gasteiger partial charge < -0.3 is 16.0 Å². The van der Waals surface area contributed by atoms with Crippen molar-refractivity contribution in [1.29, 1.82) is 0 Å². The molecule has 0 radical (unpaired) electrons. The van der Waals surface area contributed by atoms with Gasteiger partial charge in [-0.2, -0.15) is 0 Å². The van der Waals surface area contributed by atoms with E-state index in [1.54, 1.807) is 6.07 Å². The average molecular weight is 276 g/mol. The molecule has 0 aliphatic carbocycles. The number of para-hydroxylation sites is 2. The highest BCUT2D eigenvalue weighted by Crippen LogP contribution is 2.17. The Bertz CT molecular complexity index is 463. The minimum Gasteiger partial charge on any atom is -0.397 e. The van der Waals surface area contributed by atoms with Crippen molar-refractivity contribution in [3.05, 3.63) is 24.3 Å². The molecule has 5 nitrogen and oxygen atoms in total. The Balaban J connectivity index is 1.79. The SMILES string of the molecule is CC1CN(C)CCN1CCC(=O)Nc1ccccc1N. The van der Waals surface area contributed by atoms with E-state index in [4.69, 9.17) is 5.73 Å². The number of nitrogens with zero attached hydrogens (tertiary/aromatic N) is 2. The quantitative estimate of drug-likeness (QED) is 0.812. The summed E-state index contributed by atoms with van der Waals surface area (Å²) in [4.78, 5) is 16.7. The predicted molar refractivity (Wildman–Crippen MR) is 82.6 cm³/mol. The first kappa shape index (κ1) is 14.8. The molecule has 1 saturated heterocycles. The zero-order valence-electron chi connectivity index (χ0n) is 12.3. The number of piperazine rings is 1. The number of hydrogen-bond donors (Lipinski definition) is 2. The minimum atomic E-state index is 0.0222. The van der Waals surface area contributed by atoms with Gasteiger partial charge in [0.05, 0.1) is 11.4 Å². The maximum absolute atomic E-state index is 12.0. The molecular formula is C15H24N4O. The van der Waals surface area contributed by atoms with Crippen LogP contribution >= 0.6 is 0 Å². The molecule has 2 rings (SSSR count). The Morgan fingerprint density at radius 2 is 2.15 bits per heavy atom. The second-order valence-corrected chi connectivity index (χ2v) is 5.53. The Morgan fingerprint density at radius 3 is 2.85 bits per heavy atom. The molecule has 1 aliphatic heterocycles. The lowest BCUT2D eigenvalue weighted by molar-refractivity contribution is -0.116. The van der Waals surface area contributed by atoms with Gasteiger partial charge in [0.25, 0.3) is 0 Å². The highest BCUT2D eigenvalue weighted by Gasteiger charge is 2.21. The van der Waals surface area contributed by atoms with E-state index in [-0.39, 0.29) is 5.91 Å². The second kappa shape index (κ2) is 6.72. The zero-order valence-corrected chi connectivity index (χ0v) is 12.3. The monoisotopic (exact) mass is 276 g/mol. The standard InChI is InChI=1S/C15H24N4O/c1-12-11-18(2)9-10-19(12)8-7-15(20)17-14-6-4-3-5-13(14)16/h3-6,12H,7-11,16H2,1-2H3,(H,17,20). The molecule has 5 heteroatoms. The van der Waals surface area contributed by atoms with Crippen molar-refractivity contribution in [3.8, 4) is 0 Å². The fourth-order valence-corrected chi connectivity index (χ4v) is 2.58. The number of hydrogen-bond acceptors (Lipinski definition) is 4. The number of carbonyl (C=O) groups is 1. The normalized spacial score (nSPS) is 20.8. The van der Waals surface area contributed by atoms with Crippen molar-refractivity contribution >= 4 is 17.3 Å². The Labute approximate surface area is 120 Å². The number of likely N-dealkylation sites (N-methyl/N-ethyl adjacent to an activating group) is 1. The van der Waals surface area contributed by atoms with Gasteiger partial charge >= 0.3 is 0 Å². The smallest absolute Gasteiger partial charge is 0.225 e. The van der Waals surface area contributed by atoms with Crippen LogP contribution in [0.25, 0.3) is 0 Å². The third kappa shape index (κ3) is 3.95. The van der Waals surface area contributed by atoms with Gasteiger partial charge in [0.15, 0.2) is 0 Å². The number of anilines is 2. The van der Waals surface area contributed by atoms with Crippen LogP contribution in [0.1, 0.15) is 13.3 Å². The molecular weight excluding hydrogens is 252 g/mol. The van der Waals surface area contributed by atoms with Gasteiger partial charge in [0.1, 0.15) is 0 Å². The number of carbonyl (C=O) groups excluding carboxylic acids is 1. The largest absolute Gasteiger partial charge is 0.397 e. The molecule has 1 amide bonds. The predicted octanol–water partition coefficient (Wildman–Crippen LogP) is 1.23. The Hall–Kier alpha value is -1.59. The summed E-state index contributed by atoms with van der Waals surface area (Å²) in [5, 5.41) is 2.87. The summed E-state index contributed by atoms with van der Waals surface area (Å²) in [7, 11) is 2.14. The fraction of sp³-hybridized carbons (Fsp3) is 0.533. The van der Waals surface area contributed by atoms with E-state index in [0.717, 1.165) is 26.2 Å². The van der Waals surface area contributed by atoms with Gasteiger partial charge in [-0.05, 0) is 26.1 Å². The highest BCUT2D eigenvalue weighted by molar-refractivity contribution is 5.93. The minimum absolute atomic E-state index is 0.0222. The topological polar surface area (TPSA) is 61.6 Å². The molecule has 3 N–H and O–H groups in total. The van der Waals surface area contributed by atoms with Gasteiger partial charge in [-0.1, -0.05) is 12.1 Å². The summed E-state index contributed by atoms with van der Waals surface area (Å²) in [6.45, 7) is 6.17. The van der Waals surface area contributed by atoms with Crippen LogP contribution in [-0.2, 0) is 4.79 Å². The van der Waals surface area contributed by atoms with Crippen LogP contribution in [0, 0.1) is 0 Å². The van der Waals surface area contributed by atoms with Crippen molar-refractivity contribution in [2.75, 3.05) is 44.3 Å². The third-order valence-corrected chi connectivity index (χ3v) is 3.83. The molecule has 1 atom stereocenters. The van der Waals surface area contributed by atoms with Crippen molar-refractivity contribution < 1.29 is 4.79 Å². The highest BCUT2D eigenvalue weighted by atomic mass is 16.1. The number of benzene rings is 1. The van der Waals surface area contributed by atoms with Crippen LogP contribution in [0.3, 0.4) is 0 Å². The molecule has 1 aromatic rings. The molecule has 0 bridgehead atoms. The number of nitrogens with one attached hydrogen (secondary N) is 1. The van der Waals surface area contributed by atoms with E-state index in [1.807, 2.05) is 18.2 Å². The van der Waals surface area contributed by atoms with Gasteiger partial charge in [0.2, 0.25) is 5.91 Å². The molecule has 1 aromatic carbocycles. The first-order valence-corrected chi connectivity index (χ1v) is 7.13. The van der Waals surface area contributed by atoms with Crippen molar-refractivity contribution in [1.82, 2.24) is 9.80 Å². The number of amides is 1. The van der Waals surface area contributed by atoms with E-state index in [1.165, 1.54) is 0 Å². The second-order valence-electron chi connectivity index (χ2n) is 5.53. The summed E-state index contributed by atoms with van der Waals surface area (Å²) < 4.78 is 0. The first-order chi connectivity index (χ1) is 9.56. The van der Waals surface area contributed by atoms with Crippen LogP contribution in [0.15, 0.2) is 24.3 Å². The van der Waals surface area contributed by atoms with E-state index in [2.05, 4.69) is 29.1 Å². The van der Waals surface area contributed by atoms with E-state index in [0.29, 0.717) is 23.8 Å². The Kier molecular flexibility index (Phi) is 4.98.